The van der Waals surface area contributed by atoms with Crippen LogP contribution in [0.3, 0.4) is 0 Å². The van der Waals surface area contributed by atoms with Crippen LogP contribution in [0.2, 0.25) is 0 Å². The van der Waals surface area contributed by atoms with Crippen LogP contribution in [0.4, 0.5) is 5.13 Å². The predicted octanol–water partition coefficient (Wildman–Crippen LogP) is 2.13. The highest BCUT2D eigenvalue weighted by Crippen LogP contribution is 2.34. The predicted molar refractivity (Wildman–Crippen MR) is 107 cm³/mol. The molecule has 3 heterocycles. The van der Waals surface area contributed by atoms with E-state index in [4.69, 9.17) is 9.40 Å². The Bertz CT molecular complexity index is 867. The van der Waals surface area contributed by atoms with Crippen molar-refractivity contribution in [2.45, 2.75) is 39.7 Å². The number of fused-ring (bicyclic) bond motifs is 1. The van der Waals surface area contributed by atoms with Crippen molar-refractivity contribution in [3.63, 3.8) is 0 Å². The third kappa shape index (κ3) is 4.06. The monoisotopic (exact) mass is 402 g/mol. The van der Waals surface area contributed by atoms with E-state index in [0.29, 0.717) is 6.54 Å². The normalized spacial score (nSPS) is 19.4. The summed E-state index contributed by atoms with van der Waals surface area (Å²) in [6.45, 7) is 7.08. The number of amides is 2. The van der Waals surface area contributed by atoms with Crippen molar-refractivity contribution >= 4 is 28.3 Å². The largest absolute Gasteiger partial charge is 0.465 e. The fourth-order valence-corrected chi connectivity index (χ4v) is 5.07. The number of anilines is 1. The molecule has 1 saturated heterocycles. The first kappa shape index (κ1) is 19.0. The van der Waals surface area contributed by atoms with Gasteiger partial charge in [0, 0.05) is 43.9 Å². The molecule has 1 fully saturated rings. The van der Waals surface area contributed by atoms with Gasteiger partial charge in [0.2, 0.25) is 11.8 Å². The number of nitrogens with zero attached hydrogens (tertiary/aromatic N) is 3. The van der Waals surface area contributed by atoms with Crippen LogP contribution in [-0.2, 0) is 29.0 Å². The van der Waals surface area contributed by atoms with Crippen LogP contribution in [0.25, 0.3) is 0 Å². The number of furan rings is 1. The number of rotatable bonds is 4. The smallest absolute Gasteiger partial charge is 0.223 e. The lowest BCUT2D eigenvalue weighted by Gasteiger charge is -2.33. The highest BCUT2D eigenvalue weighted by atomic mass is 32.1. The number of carbonyl (C=O) groups excluding carboxylic acids is 2. The Morgan fingerprint density at radius 3 is 2.75 bits per heavy atom. The summed E-state index contributed by atoms with van der Waals surface area (Å²) in [5, 5.41) is 4.03. The Hall–Kier alpha value is -2.35. The Morgan fingerprint density at radius 1 is 1.29 bits per heavy atom. The van der Waals surface area contributed by atoms with Gasteiger partial charge in [-0.05, 0) is 38.3 Å². The lowest BCUT2D eigenvalue weighted by molar-refractivity contribution is -0.129. The van der Waals surface area contributed by atoms with Gasteiger partial charge in [0.05, 0.1) is 12.2 Å². The van der Waals surface area contributed by atoms with Crippen LogP contribution in [-0.4, -0.2) is 47.9 Å². The fraction of sp³-hybridized carbons (Fsp3) is 0.550. The molecule has 1 aliphatic carbocycles. The van der Waals surface area contributed by atoms with Crippen molar-refractivity contribution in [1.82, 2.24) is 15.2 Å². The quantitative estimate of drug-likeness (QED) is 0.848. The molecule has 8 heteroatoms. The van der Waals surface area contributed by atoms with Crippen molar-refractivity contribution in [3.8, 4) is 0 Å². The molecule has 0 aromatic carbocycles. The summed E-state index contributed by atoms with van der Waals surface area (Å²) in [7, 11) is 0. The van der Waals surface area contributed by atoms with Crippen LogP contribution < -0.4 is 10.2 Å². The van der Waals surface area contributed by atoms with Crippen LogP contribution in [0.15, 0.2) is 16.5 Å². The maximum Gasteiger partial charge on any atom is 0.223 e. The molecule has 0 spiro atoms. The summed E-state index contributed by atoms with van der Waals surface area (Å²) in [6, 6.07) is 3.80. The standard InChI is InChI=1S/C20H26N4O3S/c1-13-3-5-16(27-13)12-21-19(26)15-4-6-17-18(11-15)28-20(22-17)24-9-7-23(8-10-24)14(2)25/h3,5,15H,4,6-12H2,1-2H3,(H,21,26). The van der Waals surface area contributed by atoms with Gasteiger partial charge in [-0.3, -0.25) is 9.59 Å². The molecule has 2 aromatic rings. The van der Waals surface area contributed by atoms with Crippen molar-refractivity contribution in [3.05, 3.63) is 34.2 Å². The number of nitrogens with one attached hydrogen (secondary N) is 1. The molecule has 150 valence electrons. The summed E-state index contributed by atoms with van der Waals surface area (Å²) in [5.41, 5.74) is 1.14. The van der Waals surface area contributed by atoms with Crippen molar-refractivity contribution in [1.29, 1.82) is 0 Å². The molecule has 2 aliphatic rings. The summed E-state index contributed by atoms with van der Waals surface area (Å²) in [6.07, 6.45) is 2.43. The van der Waals surface area contributed by atoms with Gasteiger partial charge in [-0.1, -0.05) is 0 Å². The second kappa shape index (κ2) is 7.95. The van der Waals surface area contributed by atoms with Crippen molar-refractivity contribution in [2.24, 2.45) is 5.92 Å². The van der Waals surface area contributed by atoms with Gasteiger partial charge >= 0.3 is 0 Å². The average Bonchev–Trinajstić information content (AvgIpc) is 3.31. The van der Waals surface area contributed by atoms with Crippen molar-refractivity contribution < 1.29 is 14.0 Å². The topological polar surface area (TPSA) is 78.7 Å². The summed E-state index contributed by atoms with van der Waals surface area (Å²) >= 11 is 1.70. The summed E-state index contributed by atoms with van der Waals surface area (Å²) in [4.78, 5) is 34.3. The first-order valence-electron chi connectivity index (χ1n) is 9.81. The van der Waals surface area contributed by atoms with Gasteiger partial charge in [0.15, 0.2) is 5.13 Å². The number of carbonyl (C=O) groups is 2. The van der Waals surface area contributed by atoms with E-state index in [-0.39, 0.29) is 17.7 Å². The van der Waals surface area contributed by atoms with E-state index in [1.165, 1.54) is 4.88 Å². The minimum atomic E-state index is -0.00794. The lowest BCUT2D eigenvalue weighted by Crippen LogP contribution is -2.48. The Labute approximate surface area is 168 Å². The maximum absolute atomic E-state index is 12.6. The molecule has 1 atom stereocenters. The Balaban J connectivity index is 1.34. The molecule has 1 N–H and O–H groups in total. The third-order valence-electron chi connectivity index (χ3n) is 5.53. The van der Waals surface area contributed by atoms with Crippen LogP contribution in [0.5, 0.6) is 0 Å². The fourth-order valence-electron chi connectivity index (χ4n) is 3.83. The zero-order valence-corrected chi connectivity index (χ0v) is 17.2. The molecule has 2 amide bonds. The van der Waals surface area contributed by atoms with Gasteiger partial charge in [0.1, 0.15) is 11.5 Å². The molecular weight excluding hydrogens is 376 g/mol. The molecular formula is C20H26N4O3S. The van der Waals surface area contributed by atoms with E-state index in [1.54, 1.807) is 18.3 Å². The molecule has 0 bridgehead atoms. The molecule has 0 radical (unpaired) electrons. The Morgan fingerprint density at radius 2 is 2.07 bits per heavy atom. The summed E-state index contributed by atoms with van der Waals surface area (Å²) in [5.74, 6) is 1.85. The zero-order chi connectivity index (χ0) is 19.7. The van der Waals surface area contributed by atoms with Gasteiger partial charge in [-0.25, -0.2) is 4.98 Å². The number of hydrogen-bond donors (Lipinski definition) is 1. The number of piperazine rings is 1. The third-order valence-corrected chi connectivity index (χ3v) is 6.71. The highest BCUT2D eigenvalue weighted by Gasteiger charge is 2.29. The van der Waals surface area contributed by atoms with E-state index in [2.05, 4.69) is 10.2 Å². The molecule has 1 aliphatic heterocycles. The van der Waals surface area contributed by atoms with E-state index >= 15 is 0 Å². The minimum absolute atomic E-state index is 0.00794. The van der Waals surface area contributed by atoms with E-state index in [9.17, 15) is 9.59 Å². The number of thiazole rings is 1. The average molecular weight is 403 g/mol. The molecule has 2 aromatic heterocycles. The number of hydrogen-bond acceptors (Lipinski definition) is 6. The Kier molecular flexibility index (Phi) is 5.39. The first-order chi connectivity index (χ1) is 13.5. The van der Waals surface area contributed by atoms with Gasteiger partial charge in [0.25, 0.3) is 0 Å². The van der Waals surface area contributed by atoms with E-state index < -0.39 is 0 Å². The summed E-state index contributed by atoms with van der Waals surface area (Å²) < 4.78 is 5.52. The SMILES string of the molecule is CC(=O)N1CCN(c2nc3c(s2)CC(C(=O)NCc2ccc(C)o2)CC3)CC1. The minimum Gasteiger partial charge on any atom is -0.465 e. The lowest BCUT2D eigenvalue weighted by atomic mass is 9.90. The van der Waals surface area contributed by atoms with Gasteiger partial charge in [-0.15, -0.1) is 11.3 Å². The van der Waals surface area contributed by atoms with E-state index in [1.807, 2.05) is 24.0 Å². The molecule has 1 unspecified atom stereocenters. The molecule has 4 rings (SSSR count). The van der Waals surface area contributed by atoms with Crippen LogP contribution in [0.1, 0.15) is 35.4 Å². The zero-order valence-electron chi connectivity index (χ0n) is 16.4. The molecule has 28 heavy (non-hydrogen) atoms. The van der Waals surface area contributed by atoms with Gasteiger partial charge in [-0.2, -0.15) is 0 Å². The molecule has 7 nitrogen and oxygen atoms in total. The number of aromatic nitrogens is 1. The van der Waals surface area contributed by atoms with Crippen LogP contribution >= 0.6 is 11.3 Å². The second-order valence-corrected chi connectivity index (χ2v) is 8.59. The first-order valence-corrected chi connectivity index (χ1v) is 10.6. The van der Waals surface area contributed by atoms with Gasteiger partial charge < -0.3 is 19.5 Å². The van der Waals surface area contributed by atoms with Crippen molar-refractivity contribution in [2.75, 3.05) is 31.1 Å². The molecule has 0 saturated carbocycles. The second-order valence-electron chi connectivity index (χ2n) is 7.53. The van der Waals surface area contributed by atoms with E-state index in [0.717, 1.165) is 67.8 Å². The maximum atomic E-state index is 12.6. The van der Waals surface area contributed by atoms with Crippen LogP contribution in [0, 0.1) is 12.8 Å². The number of aryl methyl sites for hydroxylation is 2. The highest BCUT2D eigenvalue weighted by molar-refractivity contribution is 7.15.